The van der Waals surface area contributed by atoms with E-state index in [9.17, 15) is 0 Å². The van der Waals surface area contributed by atoms with Crippen molar-refractivity contribution >= 4 is 6.08 Å². The minimum Gasteiger partial charge on any atom is -0.330 e. The van der Waals surface area contributed by atoms with Crippen molar-refractivity contribution in [3.05, 3.63) is 40.0 Å². The van der Waals surface area contributed by atoms with Crippen LogP contribution in [0.15, 0.2) is 12.1 Å². The Kier molecular flexibility index (Phi) is 4.75. The Morgan fingerprint density at radius 1 is 1.06 bits per heavy atom. The predicted molar refractivity (Wildman–Crippen MR) is 72.7 cm³/mol. The summed E-state index contributed by atoms with van der Waals surface area (Å²) in [6, 6.07) is 2.27. The van der Waals surface area contributed by atoms with Crippen molar-refractivity contribution < 1.29 is 0 Å². The lowest BCUT2D eigenvalue weighted by molar-refractivity contribution is 0.857. The standard InChI is InChI=1S/C15H23N/c1-11-10-12(2)14(4)15(13(11)3)8-6-5-7-9-16/h6,8,10H,5,7,9,16H2,1-4H3/b8-6+. The third-order valence-corrected chi connectivity index (χ3v) is 3.28. The van der Waals surface area contributed by atoms with Gasteiger partial charge in [-0.05, 0) is 74.9 Å². The van der Waals surface area contributed by atoms with Gasteiger partial charge in [-0.1, -0.05) is 18.2 Å². The highest BCUT2D eigenvalue weighted by Crippen LogP contribution is 2.22. The molecule has 1 nitrogen and oxygen atoms in total. The van der Waals surface area contributed by atoms with Crippen LogP contribution in [0, 0.1) is 27.7 Å². The van der Waals surface area contributed by atoms with Gasteiger partial charge in [0.15, 0.2) is 0 Å². The molecule has 0 spiro atoms. The normalized spacial score (nSPS) is 11.3. The summed E-state index contributed by atoms with van der Waals surface area (Å²) in [4.78, 5) is 0. The maximum absolute atomic E-state index is 5.48. The number of aryl methyl sites for hydroxylation is 2. The summed E-state index contributed by atoms with van der Waals surface area (Å²) in [5, 5.41) is 0. The largest absolute Gasteiger partial charge is 0.330 e. The molecule has 16 heavy (non-hydrogen) atoms. The summed E-state index contributed by atoms with van der Waals surface area (Å²) in [6.45, 7) is 9.53. The Balaban J connectivity index is 2.98. The fourth-order valence-electron chi connectivity index (χ4n) is 1.93. The number of rotatable bonds is 4. The monoisotopic (exact) mass is 217 g/mol. The van der Waals surface area contributed by atoms with Gasteiger partial charge >= 0.3 is 0 Å². The van der Waals surface area contributed by atoms with Crippen molar-refractivity contribution in [2.24, 2.45) is 5.73 Å². The summed E-state index contributed by atoms with van der Waals surface area (Å²) in [6.07, 6.45) is 6.63. The third-order valence-electron chi connectivity index (χ3n) is 3.28. The summed E-state index contributed by atoms with van der Waals surface area (Å²) in [5.41, 5.74) is 12.4. The predicted octanol–water partition coefficient (Wildman–Crippen LogP) is 3.67. The second-order valence-corrected chi connectivity index (χ2v) is 4.51. The highest BCUT2D eigenvalue weighted by molar-refractivity contribution is 5.61. The molecule has 1 rings (SSSR count). The van der Waals surface area contributed by atoms with Crippen LogP contribution >= 0.6 is 0 Å². The van der Waals surface area contributed by atoms with E-state index in [0.29, 0.717) is 0 Å². The molecule has 1 aromatic rings. The quantitative estimate of drug-likeness (QED) is 0.765. The summed E-state index contributed by atoms with van der Waals surface area (Å²) in [7, 11) is 0. The number of allylic oxidation sites excluding steroid dienone is 1. The number of unbranched alkanes of at least 4 members (excludes halogenated alkanes) is 1. The topological polar surface area (TPSA) is 26.0 Å². The fourth-order valence-corrected chi connectivity index (χ4v) is 1.93. The van der Waals surface area contributed by atoms with Crippen LogP contribution in [0.2, 0.25) is 0 Å². The highest BCUT2D eigenvalue weighted by atomic mass is 14.5. The lowest BCUT2D eigenvalue weighted by Gasteiger charge is -2.12. The van der Waals surface area contributed by atoms with Gasteiger partial charge < -0.3 is 5.73 Å². The maximum Gasteiger partial charge on any atom is -0.00743 e. The lowest BCUT2D eigenvalue weighted by atomic mass is 9.94. The molecule has 0 heterocycles. The summed E-state index contributed by atoms with van der Waals surface area (Å²) in [5.74, 6) is 0. The molecule has 0 aliphatic heterocycles. The van der Waals surface area contributed by atoms with Gasteiger partial charge in [-0.15, -0.1) is 0 Å². The Labute approximate surface area is 99.4 Å². The second-order valence-electron chi connectivity index (χ2n) is 4.51. The van der Waals surface area contributed by atoms with Crippen LogP contribution in [0.4, 0.5) is 0 Å². The van der Waals surface area contributed by atoms with Gasteiger partial charge in [0.05, 0.1) is 0 Å². The van der Waals surface area contributed by atoms with E-state index in [2.05, 4.69) is 45.9 Å². The molecule has 0 unspecified atom stereocenters. The Morgan fingerprint density at radius 2 is 1.62 bits per heavy atom. The Morgan fingerprint density at radius 3 is 2.12 bits per heavy atom. The van der Waals surface area contributed by atoms with Crippen LogP contribution in [0.25, 0.3) is 6.08 Å². The molecule has 0 saturated heterocycles. The molecule has 0 saturated carbocycles. The van der Waals surface area contributed by atoms with Crippen LogP contribution in [0.1, 0.15) is 40.7 Å². The van der Waals surface area contributed by atoms with Crippen molar-refractivity contribution in [3.8, 4) is 0 Å². The molecule has 88 valence electrons. The Bertz CT molecular complexity index is 363. The minimum atomic E-state index is 0.773. The van der Waals surface area contributed by atoms with Crippen molar-refractivity contribution in [2.45, 2.75) is 40.5 Å². The van der Waals surface area contributed by atoms with E-state index in [1.165, 1.54) is 27.8 Å². The molecule has 1 heteroatoms. The summed E-state index contributed by atoms with van der Waals surface area (Å²) < 4.78 is 0. The second kappa shape index (κ2) is 5.86. The van der Waals surface area contributed by atoms with Gasteiger partial charge in [0.2, 0.25) is 0 Å². The first-order chi connectivity index (χ1) is 7.57. The van der Waals surface area contributed by atoms with Crippen molar-refractivity contribution in [1.29, 1.82) is 0 Å². The number of benzene rings is 1. The molecule has 0 aliphatic carbocycles. The van der Waals surface area contributed by atoms with Gasteiger partial charge in [0.25, 0.3) is 0 Å². The van der Waals surface area contributed by atoms with Crippen LogP contribution in [-0.4, -0.2) is 6.54 Å². The molecular formula is C15H23N. The van der Waals surface area contributed by atoms with Gasteiger partial charge in [-0.25, -0.2) is 0 Å². The fraction of sp³-hybridized carbons (Fsp3) is 0.467. The third kappa shape index (κ3) is 2.96. The molecule has 0 amide bonds. The average molecular weight is 217 g/mol. The molecule has 0 fully saturated rings. The van der Waals surface area contributed by atoms with Crippen molar-refractivity contribution in [1.82, 2.24) is 0 Å². The van der Waals surface area contributed by atoms with Crippen molar-refractivity contribution in [3.63, 3.8) is 0 Å². The van der Waals surface area contributed by atoms with E-state index >= 15 is 0 Å². The first-order valence-electron chi connectivity index (χ1n) is 6.02. The molecule has 1 aromatic carbocycles. The number of nitrogens with two attached hydrogens (primary N) is 1. The van der Waals surface area contributed by atoms with Crippen LogP contribution in [-0.2, 0) is 0 Å². The maximum atomic E-state index is 5.48. The van der Waals surface area contributed by atoms with E-state index in [-0.39, 0.29) is 0 Å². The molecule has 0 aliphatic rings. The zero-order chi connectivity index (χ0) is 12.1. The van der Waals surface area contributed by atoms with Crippen LogP contribution < -0.4 is 5.73 Å². The van der Waals surface area contributed by atoms with E-state index < -0.39 is 0 Å². The van der Waals surface area contributed by atoms with Gasteiger partial charge in [0.1, 0.15) is 0 Å². The number of hydrogen-bond acceptors (Lipinski definition) is 1. The van der Waals surface area contributed by atoms with Gasteiger partial charge in [0, 0.05) is 0 Å². The SMILES string of the molecule is Cc1cc(C)c(C)c(/C=C/CCCN)c1C. The van der Waals surface area contributed by atoms with E-state index in [1.54, 1.807) is 0 Å². The van der Waals surface area contributed by atoms with Gasteiger partial charge in [-0.3, -0.25) is 0 Å². The molecule has 0 radical (unpaired) electrons. The summed E-state index contributed by atoms with van der Waals surface area (Å²) >= 11 is 0. The van der Waals surface area contributed by atoms with Crippen LogP contribution in [0.3, 0.4) is 0 Å². The van der Waals surface area contributed by atoms with E-state index in [1.807, 2.05) is 0 Å². The molecule has 0 bridgehead atoms. The molecular weight excluding hydrogens is 194 g/mol. The number of hydrogen-bond donors (Lipinski definition) is 1. The minimum absolute atomic E-state index is 0.773. The van der Waals surface area contributed by atoms with E-state index in [0.717, 1.165) is 19.4 Å². The zero-order valence-electron chi connectivity index (χ0n) is 10.9. The zero-order valence-corrected chi connectivity index (χ0v) is 10.9. The van der Waals surface area contributed by atoms with Gasteiger partial charge in [-0.2, -0.15) is 0 Å². The first kappa shape index (κ1) is 13.0. The van der Waals surface area contributed by atoms with Crippen molar-refractivity contribution in [2.75, 3.05) is 6.54 Å². The van der Waals surface area contributed by atoms with Crippen LogP contribution in [0.5, 0.6) is 0 Å². The first-order valence-corrected chi connectivity index (χ1v) is 6.02. The molecule has 2 N–H and O–H groups in total. The van der Waals surface area contributed by atoms with E-state index in [4.69, 9.17) is 5.73 Å². The smallest absolute Gasteiger partial charge is 0.00743 e. The molecule has 0 aromatic heterocycles. The average Bonchev–Trinajstić information content (AvgIpc) is 2.25. The highest BCUT2D eigenvalue weighted by Gasteiger charge is 2.04. The lowest BCUT2D eigenvalue weighted by Crippen LogP contribution is -1.97. The molecule has 0 atom stereocenters. The Hall–Kier alpha value is -1.08.